The van der Waals surface area contributed by atoms with Crippen LogP contribution in [0.5, 0.6) is 0 Å². The van der Waals surface area contributed by atoms with Gasteiger partial charge in [-0.15, -0.1) is 0 Å². The zero-order chi connectivity index (χ0) is 27.4. The van der Waals surface area contributed by atoms with Crippen LogP contribution in [0.1, 0.15) is 58.3 Å². The van der Waals surface area contributed by atoms with E-state index >= 15 is 0 Å². The maximum absolute atomic E-state index is 5.00. The van der Waals surface area contributed by atoms with E-state index in [2.05, 4.69) is 85.3 Å². The van der Waals surface area contributed by atoms with Crippen molar-refractivity contribution in [1.82, 2.24) is 29.9 Å². The summed E-state index contributed by atoms with van der Waals surface area (Å²) in [7, 11) is 0. The third-order valence-corrected chi connectivity index (χ3v) is 8.10. The molecule has 3 heterocycles. The number of unbranched alkanes of at least 4 members (excludes halogenated alkanes) is 6. The normalized spacial score (nSPS) is 11.3. The lowest BCUT2D eigenvalue weighted by atomic mass is 10.1. The van der Waals surface area contributed by atoms with Gasteiger partial charge in [-0.3, -0.25) is 0 Å². The summed E-state index contributed by atoms with van der Waals surface area (Å²) >= 11 is 1.81. The van der Waals surface area contributed by atoms with Crippen LogP contribution in [0.3, 0.4) is 0 Å². The highest BCUT2D eigenvalue weighted by atomic mass is 32.2. The molecule has 2 N–H and O–H groups in total. The van der Waals surface area contributed by atoms with E-state index in [1.807, 2.05) is 23.9 Å². The van der Waals surface area contributed by atoms with Gasteiger partial charge in [0, 0.05) is 30.0 Å². The standard InChI is InChI=1S/C32H39N7S/c1-2-3-4-5-13-20-39(31-29-30(34-23-33-29)35-24-36-31)21-14-8-15-22-40-32-37-27(25-16-9-6-10-17-25)28(38-32)26-18-11-7-12-19-26/h6-7,9-12,16-19,23-24H,2-5,8,13-15,20-22H2,1H3,(H,37,38)(H,33,34,35,36). The molecule has 0 aliphatic rings. The van der Waals surface area contributed by atoms with Crippen molar-refractivity contribution >= 4 is 28.7 Å². The Bertz CT molecular complexity index is 1370. The van der Waals surface area contributed by atoms with Gasteiger partial charge in [0.2, 0.25) is 0 Å². The van der Waals surface area contributed by atoms with Crippen molar-refractivity contribution in [3.8, 4) is 22.5 Å². The van der Waals surface area contributed by atoms with Gasteiger partial charge in [0.25, 0.3) is 0 Å². The molecule has 0 saturated heterocycles. The minimum Gasteiger partial charge on any atom is -0.355 e. The minimum atomic E-state index is 0.737. The van der Waals surface area contributed by atoms with E-state index < -0.39 is 0 Å². The quantitative estimate of drug-likeness (QED) is 0.0947. The minimum absolute atomic E-state index is 0.737. The highest BCUT2D eigenvalue weighted by molar-refractivity contribution is 7.99. The molecule has 5 rings (SSSR count). The number of nitrogens with zero attached hydrogens (tertiary/aromatic N) is 5. The van der Waals surface area contributed by atoms with Crippen molar-refractivity contribution in [1.29, 1.82) is 0 Å². The van der Waals surface area contributed by atoms with Crippen LogP contribution in [-0.2, 0) is 0 Å². The van der Waals surface area contributed by atoms with Crippen molar-refractivity contribution in [2.45, 2.75) is 63.4 Å². The van der Waals surface area contributed by atoms with E-state index in [-0.39, 0.29) is 0 Å². The molecule has 0 amide bonds. The molecular formula is C32H39N7S. The number of thioether (sulfide) groups is 1. The average Bonchev–Trinajstić information content (AvgIpc) is 3.66. The largest absolute Gasteiger partial charge is 0.355 e. The van der Waals surface area contributed by atoms with Crippen LogP contribution in [0.4, 0.5) is 5.82 Å². The summed E-state index contributed by atoms with van der Waals surface area (Å²) in [4.78, 5) is 27.5. The van der Waals surface area contributed by atoms with Gasteiger partial charge in [0.1, 0.15) is 11.8 Å². The molecule has 0 atom stereocenters. The average molecular weight is 554 g/mol. The van der Waals surface area contributed by atoms with Crippen LogP contribution < -0.4 is 4.90 Å². The summed E-state index contributed by atoms with van der Waals surface area (Å²) in [6.45, 7) is 4.26. The Labute approximate surface area is 241 Å². The van der Waals surface area contributed by atoms with Crippen molar-refractivity contribution in [2.75, 3.05) is 23.7 Å². The van der Waals surface area contributed by atoms with Crippen LogP contribution in [0.15, 0.2) is 78.5 Å². The number of anilines is 1. The number of fused-ring (bicyclic) bond motifs is 1. The third kappa shape index (κ3) is 7.30. The molecule has 0 spiro atoms. The number of H-pyrrole nitrogens is 2. The second-order valence-electron chi connectivity index (χ2n) is 10.1. The summed E-state index contributed by atoms with van der Waals surface area (Å²) in [5, 5.41) is 0.981. The maximum Gasteiger partial charge on any atom is 0.182 e. The zero-order valence-electron chi connectivity index (χ0n) is 23.4. The molecule has 8 heteroatoms. The molecule has 40 heavy (non-hydrogen) atoms. The molecular weight excluding hydrogens is 514 g/mol. The van der Waals surface area contributed by atoms with Crippen LogP contribution >= 0.6 is 11.8 Å². The van der Waals surface area contributed by atoms with Crippen LogP contribution in [0.25, 0.3) is 33.7 Å². The van der Waals surface area contributed by atoms with E-state index in [0.29, 0.717) is 0 Å². The number of aromatic amines is 2. The van der Waals surface area contributed by atoms with E-state index in [0.717, 1.165) is 82.8 Å². The lowest BCUT2D eigenvalue weighted by Crippen LogP contribution is -2.27. The van der Waals surface area contributed by atoms with E-state index in [9.17, 15) is 0 Å². The second-order valence-corrected chi connectivity index (χ2v) is 11.2. The fraction of sp³-hybridized carbons (Fsp3) is 0.375. The number of rotatable bonds is 16. The molecule has 208 valence electrons. The van der Waals surface area contributed by atoms with Gasteiger partial charge in [0.05, 0.1) is 17.7 Å². The Kier molecular flexibility index (Phi) is 10.2. The third-order valence-electron chi connectivity index (χ3n) is 7.14. The number of benzene rings is 2. The summed E-state index contributed by atoms with van der Waals surface area (Å²) < 4.78 is 0. The molecule has 0 aliphatic heterocycles. The fourth-order valence-corrected chi connectivity index (χ4v) is 5.88. The van der Waals surface area contributed by atoms with E-state index in [4.69, 9.17) is 4.98 Å². The Balaban J connectivity index is 1.16. The molecule has 5 aromatic rings. The lowest BCUT2D eigenvalue weighted by molar-refractivity contribution is 0.602. The van der Waals surface area contributed by atoms with Crippen LogP contribution in [0, 0.1) is 0 Å². The predicted octanol–water partition coefficient (Wildman–Crippen LogP) is 8.15. The van der Waals surface area contributed by atoms with Crippen LogP contribution in [0.2, 0.25) is 0 Å². The van der Waals surface area contributed by atoms with Crippen LogP contribution in [-0.4, -0.2) is 48.7 Å². The number of aromatic nitrogens is 6. The summed E-state index contributed by atoms with van der Waals surface area (Å²) in [5.74, 6) is 2.01. The summed E-state index contributed by atoms with van der Waals surface area (Å²) in [6.07, 6.45) is 13.1. The topological polar surface area (TPSA) is 86.4 Å². The maximum atomic E-state index is 5.00. The Hall–Kier alpha value is -3.65. The first kappa shape index (κ1) is 27.9. The van der Waals surface area contributed by atoms with Gasteiger partial charge >= 0.3 is 0 Å². The van der Waals surface area contributed by atoms with Gasteiger partial charge in [0.15, 0.2) is 16.6 Å². The van der Waals surface area contributed by atoms with Gasteiger partial charge < -0.3 is 14.9 Å². The predicted molar refractivity (Wildman–Crippen MR) is 167 cm³/mol. The Morgan fingerprint density at radius 2 is 1.45 bits per heavy atom. The van der Waals surface area contributed by atoms with Gasteiger partial charge in [-0.2, -0.15) is 0 Å². The monoisotopic (exact) mass is 553 g/mol. The first-order valence-electron chi connectivity index (χ1n) is 14.6. The molecule has 0 saturated carbocycles. The SMILES string of the molecule is CCCCCCCN(CCCCCSc1nc(-c2ccccc2)c(-c2ccccc2)[nH]1)c1ncnc2nc[nH]c12. The highest BCUT2D eigenvalue weighted by Crippen LogP contribution is 2.33. The first-order valence-corrected chi connectivity index (χ1v) is 15.5. The number of hydrogen-bond donors (Lipinski definition) is 2. The smallest absolute Gasteiger partial charge is 0.182 e. The first-order chi connectivity index (χ1) is 19.8. The Morgan fingerprint density at radius 1 is 0.750 bits per heavy atom. The number of hydrogen-bond acceptors (Lipinski definition) is 6. The van der Waals surface area contributed by atoms with Crippen molar-refractivity contribution in [2.24, 2.45) is 0 Å². The molecule has 7 nitrogen and oxygen atoms in total. The second kappa shape index (κ2) is 14.7. The number of nitrogens with one attached hydrogen (secondary N) is 2. The Morgan fingerprint density at radius 3 is 2.20 bits per heavy atom. The molecule has 0 radical (unpaired) electrons. The molecule has 0 aliphatic carbocycles. The van der Waals surface area contributed by atoms with E-state index in [1.165, 1.54) is 32.1 Å². The summed E-state index contributed by atoms with van der Waals surface area (Å²) in [5.41, 5.74) is 6.06. The summed E-state index contributed by atoms with van der Waals surface area (Å²) in [6, 6.07) is 20.9. The van der Waals surface area contributed by atoms with E-state index in [1.54, 1.807) is 12.7 Å². The van der Waals surface area contributed by atoms with Crippen molar-refractivity contribution < 1.29 is 0 Å². The van der Waals surface area contributed by atoms with Crippen molar-refractivity contribution in [3.05, 3.63) is 73.3 Å². The molecule has 2 aromatic carbocycles. The molecule has 3 aromatic heterocycles. The number of imidazole rings is 2. The molecule has 0 unspecified atom stereocenters. The zero-order valence-corrected chi connectivity index (χ0v) is 24.2. The molecule has 0 bridgehead atoms. The van der Waals surface area contributed by atoms with Gasteiger partial charge in [-0.05, 0) is 19.3 Å². The molecule has 0 fully saturated rings. The van der Waals surface area contributed by atoms with Gasteiger partial charge in [-0.1, -0.05) is 111 Å². The fourth-order valence-electron chi connectivity index (χ4n) is 5.01. The highest BCUT2D eigenvalue weighted by Gasteiger charge is 2.15. The lowest BCUT2D eigenvalue weighted by Gasteiger charge is -2.24. The van der Waals surface area contributed by atoms with Gasteiger partial charge in [-0.25, -0.2) is 19.9 Å². The van der Waals surface area contributed by atoms with Crippen molar-refractivity contribution in [3.63, 3.8) is 0 Å².